The van der Waals surface area contributed by atoms with Gasteiger partial charge >= 0.3 is 0 Å². The van der Waals surface area contributed by atoms with Crippen LogP contribution in [-0.4, -0.2) is 11.2 Å². The normalized spacial score (nSPS) is 10.9. The van der Waals surface area contributed by atoms with E-state index in [4.69, 9.17) is 11.6 Å². The van der Waals surface area contributed by atoms with Crippen LogP contribution in [0.4, 0.5) is 0 Å². The van der Waals surface area contributed by atoms with Crippen molar-refractivity contribution in [3.63, 3.8) is 0 Å². The predicted molar refractivity (Wildman–Crippen MR) is 60.5 cm³/mol. The summed E-state index contributed by atoms with van der Waals surface area (Å²) >= 11 is 7.74. The minimum atomic E-state index is 0.800. The maximum Gasteiger partial charge on any atom is 0.0458 e. The summed E-state index contributed by atoms with van der Waals surface area (Å²) in [5, 5.41) is 2.04. The number of H-pyrrole nitrogens is 1. The lowest BCUT2D eigenvalue weighted by atomic mass is 10.2. The third-order valence-corrected chi connectivity index (χ3v) is 2.86. The Balaban J connectivity index is 2.58. The molecule has 0 unspecified atom stereocenters. The van der Waals surface area contributed by atoms with E-state index in [2.05, 4.69) is 17.4 Å². The Hall–Kier alpha value is -0.600. The van der Waals surface area contributed by atoms with Crippen LogP contribution in [0.1, 0.15) is 5.56 Å². The number of halogens is 1. The van der Waals surface area contributed by atoms with Crippen molar-refractivity contribution >= 4 is 34.3 Å². The highest BCUT2D eigenvalue weighted by molar-refractivity contribution is 7.97. The van der Waals surface area contributed by atoms with Gasteiger partial charge in [0.05, 0.1) is 0 Å². The molecule has 13 heavy (non-hydrogen) atoms. The van der Waals surface area contributed by atoms with E-state index in [-0.39, 0.29) is 0 Å². The fourth-order valence-corrected chi connectivity index (χ4v) is 2.15. The van der Waals surface area contributed by atoms with Gasteiger partial charge in [0.1, 0.15) is 0 Å². The highest BCUT2D eigenvalue weighted by Gasteiger charge is 2.02. The summed E-state index contributed by atoms with van der Waals surface area (Å²) in [6.45, 7) is 0. The number of rotatable bonds is 2. The molecule has 0 amide bonds. The topological polar surface area (TPSA) is 15.8 Å². The molecule has 1 aromatic carbocycles. The Morgan fingerprint density at radius 3 is 3.08 bits per heavy atom. The fourth-order valence-electron chi connectivity index (χ4n) is 1.43. The molecule has 0 spiro atoms. The number of hydrogen-bond acceptors (Lipinski definition) is 1. The molecule has 1 N–H and O–H groups in total. The maximum absolute atomic E-state index is 5.93. The zero-order chi connectivity index (χ0) is 9.26. The summed E-state index contributed by atoms with van der Waals surface area (Å²) in [7, 11) is 0. The number of aromatic nitrogens is 1. The number of benzene rings is 1. The maximum atomic E-state index is 5.93. The van der Waals surface area contributed by atoms with E-state index in [1.807, 2.05) is 30.0 Å². The van der Waals surface area contributed by atoms with E-state index in [1.165, 1.54) is 10.9 Å². The molecule has 0 aliphatic heterocycles. The van der Waals surface area contributed by atoms with Crippen molar-refractivity contribution in [1.29, 1.82) is 0 Å². The predicted octanol–water partition coefficient (Wildman–Crippen LogP) is 3.68. The van der Waals surface area contributed by atoms with Gasteiger partial charge in [0.15, 0.2) is 0 Å². The van der Waals surface area contributed by atoms with Gasteiger partial charge in [0, 0.05) is 27.9 Å². The molecular weight excluding hydrogens is 202 g/mol. The summed E-state index contributed by atoms with van der Waals surface area (Å²) < 4.78 is 0. The van der Waals surface area contributed by atoms with E-state index in [0.29, 0.717) is 0 Å². The number of thioether (sulfide) groups is 1. The molecule has 0 saturated heterocycles. The third-order valence-electron chi connectivity index (χ3n) is 2.03. The number of aromatic amines is 1. The second-order valence-corrected chi connectivity index (χ2v) is 4.24. The van der Waals surface area contributed by atoms with Crippen molar-refractivity contribution < 1.29 is 0 Å². The zero-order valence-electron chi connectivity index (χ0n) is 7.30. The molecule has 2 aromatic rings. The van der Waals surface area contributed by atoms with E-state index >= 15 is 0 Å². The smallest absolute Gasteiger partial charge is 0.0458 e. The second kappa shape index (κ2) is 3.64. The van der Waals surface area contributed by atoms with Gasteiger partial charge in [0.25, 0.3) is 0 Å². The SMILES string of the molecule is CSCc1c[nH]c2ccc(Cl)cc12. The van der Waals surface area contributed by atoms with E-state index in [9.17, 15) is 0 Å². The van der Waals surface area contributed by atoms with Crippen molar-refractivity contribution in [2.75, 3.05) is 6.26 Å². The second-order valence-electron chi connectivity index (χ2n) is 2.94. The summed E-state index contributed by atoms with van der Waals surface area (Å²) in [6.07, 6.45) is 4.15. The van der Waals surface area contributed by atoms with Crippen LogP contribution in [0.5, 0.6) is 0 Å². The van der Waals surface area contributed by atoms with Gasteiger partial charge in [-0.25, -0.2) is 0 Å². The van der Waals surface area contributed by atoms with Crippen LogP contribution < -0.4 is 0 Å². The van der Waals surface area contributed by atoms with Crippen LogP contribution in [0.2, 0.25) is 5.02 Å². The molecular formula is C10H10ClNS. The summed E-state index contributed by atoms with van der Waals surface area (Å²) in [6, 6.07) is 5.93. The molecule has 0 aliphatic rings. The number of nitrogens with one attached hydrogen (secondary N) is 1. The van der Waals surface area contributed by atoms with Gasteiger partial charge in [0.2, 0.25) is 0 Å². The summed E-state index contributed by atoms with van der Waals surface area (Å²) in [5.74, 6) is 1.03. The Morgan fingerprint density at radius 2 is 2.31 bits per heavy atom. The molecule has 1 nitrogen and oxygen atoms in total. The Kier molecular flexibility index (Phi) is 2.51. The highest BCUT2D eigenvalue weighted by Crippen LogP contribution is 2.24. The quantitative estimate of drug-likeness (QED) is 0.801. The standard InChI is InChI=1S/C10H10ClNS/c1-13-6-7-5-12-10-3-2-8(11)4-9(7)10/h2-5,12H,6H2,1H3. The molecule has 0 radical (unpaired) electrons. The van der Waals surface area contributed by atoms with Crippen molar-refractivity contribution in [1.82, 2.24) is 4.98 Å². The van der Waals surface area contributed by atoms with Crippen LogP contribution in [0, 0.1) is 0 Å². The monoisotopic (exact) mass is 211 g/mol. The Labute approximate surface area is 86.5 Å². The molecule has 0 bridgehead atoms. The van der Waals surface area contributed by atoms with Gasteiger partial charge in [-0.1, -0.05) is 11.6 Å². The first-order valence-electron chi connectivity index (χ1n) is 4.05. The zero-order valence-corrected chi connectivity index (χ0v) is 8.88. The summed E-state index contributed by atoms with van der Waals surface area (Å²) in [4.78, 5) is 3.23. The number of hydrogen-bond donors (Lipinski definition) is 1. The van der Waals surface area contributed by atoms with Gasteiger partial charge < -0.3 is 4.98 Å². The fraction of sp³-hybridized carbons (Fsp3) is 0.200. The Bertz CT molecular complexity index is 422. The first-order chi connectivity index (χ1) is 6.31. The van der Waals surface area contributed by atoms with Gasteiger partial charge in [-0.05, 0) is 30.0 Å². The molecule has 68 valence electrons. The van der Waals surface area contributed by atoms with Crippen molar-refractivity contribution in [3.8, 4) is 0 Å². The first kappa shape index (κ1) is 8.97. The highest BCUT2D eigenvalue weighted by atomic mass is 35.5. The average molecular weight is 212 g/mol. The van der Waals surface area contributed by atoms with Crippen LogP contribution in [0.15, 0.2) is 24.4 Å². The lowest BCUT2D eigenvalue weighted by Crippen LogP contribution is -1.75. The van der Waals surface area contributed by atoms with E-state index in [0.717, 1.165) is 16.3 Å². The average Bonchev–Trinajstić information content (AvgIpc) is 2.49. The van der Waals surface area contributed by atoms with Gasteiger partial charge in [-0.15, -0.1) is 0 Å². The van der Waals surface area contributed by atoms with Gasteiger partial charge in [-0.3, -0.25) is 0 Å². The van der Waals surface area contributed by atoms with Crippen molar-refractivity contribution in [3.05, 3.63) is 35.0 Å². The minimum Gasteiger partial charge on any atom is -0.361 e. The molecule has 3 heteroatoms. The van der Waals surface area contributed by atoms with Crippen molar-refractivity contribution in [2.24, 2.45) is 0 Å². The Morgan fingerprint density at radius 1 is 1.46 bits per heavy atom. The van der Waals surface area contributed by atoms with Gasteiger partial charge in [-0.2, -0.15) is 11.8 Å². The lowest BCUT2D eigenvalue weighted by Gasteiger charge is -1.95. The third kappa shape index (κ3) is 1.69. The molecule has 0 aliphatic carbocycles. The van der Waals surface area contributed by atoms with E-state index in [1.54, 1.807) is 0 Å². The molecule has 1 aromatic heterocycles. The first-order valence-corrected chi connectivity index (χ1v) is 5.83. The van der Waals surface area contributed by atoms with Crippen molar-refractivity contribution in [2.45, 2.75) is 5.75 Å². The summed E-state index contributed by atoms with van der Waals surface area (Å²) in [5.41, 5.74) is 2.48. The molecule has 0 saturated carbocycles. The van der Waals surface area contributed by atoms with Crippen LogP contribution in [0.25, 0.3) is 10.9 Å². The molecule has 0 atom stereocenters. The molecule has 1 heterocycles. The largest absolute Gasteiger partial charge is 0.361 e. The molecule has 0 fully saturated rings. The molecule has 2 rings (SSSR count). The van der Waals surface area contributed by atoms with Crippen LogP contribution in [0.3, 0.4) is 0 Å². The minimum absolute atomic E-state index is 0.800. The number of fused-ring (bicyclic) bond motifs is 1. The van der Waals surface area contributed by atoms with Crippen LogP contribution in [-0.2, 0) is 5.75 Å². The lowest BCUT2D eigenvalue weighted by molar-refractivity contribution is 1.40. The van der Waals surface area contributed by atoms with E-state index < -0.39 is 0 Å². The van der Waals surface area contributed by atoms with Crippen LogP contribution >= 0.6 is 23.4 Å².